The molecule has 25 heavy (non-hydrogen) atoms. The van der Waals surface area contributed by atoms with Crippen LogP contribution in [0.4, 0.5) is 0 Å². The standard InChI is InChI=1S/C20H21N3O2/c21-10-15-6-8-16(9-7-15)11-23-12-18(14-24)19(13-23)22-20(25)17-4-2-1-3-5-17/h1-9,18-19,24H,11-14H2,(H,22,25). The van der Waals surface area contributed by atoms with Crippen molar-refractivity contribution in [2.45, 2.75) is 12.6 Å². The number of aliphatic hydroxyl groups is 1. The predicted molar refractivity (Wildman–Crippen MR) is 94.7 cm³/mol. The molecule has 0 bridgehead atoms. The molecule has 1 heterocycles. The highest BCUT2D eigenvalue weighted by Gasteiger charge is 2.33. The zero-order chi connectivity index (χ0) is 17.6. The highest BCUT2D eigenvalue weighted by atomic mass is 16.3. The van der Waals surface area contributed by atoms with E-state index in [9.17, 15) is 9.90 Å². The third-order valence-corrected chi connectivity index (χ3v) is 4.59. The summed E-state index contributed by atoms with van der Waals surface area (Å²) in [5.41, 5.74) is 2.39. The quantitative estimate of drug-likeness (QED) is 0.873. The molecule has 0 saturated carbocycles. The predicted octanol–water partition coefficient (Wildman–Crippen LogP) is 1.78. The third-order valence-electron chi connectivity index (χ3n) is 4.59. The van der Waals surface area contributed by atoms with Gasteiger partial charge in [0.2, 0.25) is 0 Å². The monoisotopic (exact) mass is 335 g/mol. The second-order valence-corrected chi connectivity index (χ2v) is 6.39. The summed E-state index contributed by atoms with van der Waals surface area (Å²) in [7, 11) is 0. The van der Waals surface area contributed by atoms with Crippen LogP contribution in [0.5, 0.6) is 0 Å². The number of likely N-dealkylation sites (tertiary alicyclic amines) is 1. The van der Waals surface area contributed by atoms with Crippen molar-refractivity contribution in [2.24, 2.45) is 5.92 Å². The summed E-state index contributed by atoms with van der Waals surface area (Å²) in [6.45, 7) is 2.21. The summed E-state index contributed by atoms with van der Waals surface area (Å²) in [6.07, 6.45) is 0. The minimum Gasteiger partial charge on any atom is -0.396 e. The molecule has 2 aromatic rings. The number of nitriles is 1. The van der Waals surface area contributed by atoms with Gasteiger partial charge in [0.05, 0.1) is 11.6 Å². The van der Waals surface area contributed by atoms with Gasteiger partial charge in [-0.1, -0.05) is 30.3 Å². The Morgan fingerprint density at radius 2 is 1.88 bits per heavy atom. The highest BCUT2D eigenvalue weighted by Crippen LogP contribution is 2.20. The minimum absolute atomic E-state index is 0.0195. The van der Waals surface area contributed by atoms with Gasteiger partial charge in [0.15, 0.2) is 0 Å². The first-order valence-electron chi connectivity index (χ1n) is 8.37. The lowest BCUT2D eigenvalue weighted by Gasteiger charge is -2.18. The van der Waals surface area contributed by atoms with Crippen molar-refractivity contribution in [1.82, 2.24) is 10.2 Å². The molecule has 3 rings (SSSR count). The summed E-state index contributed by atoms with van der Waals surface area (Å²) >= 11 is 0. The molecule has 2 atom stereocenters. The van der Waals surface area contributed by atoms with Crippen LogP contribution >= 0.6 is 0 Å². The van der Waals surface area contributed by atoms with Gasteiger partial charge in [-0.3, -0.25) is 9.69 Å². The lowest BCUT2D eigenvalue weighted by Crippen LogP contribution is -2.41. The zero-order valence-electron chi connectivity index (χ0n) is 13.9. The summed E-state index contributed by atoms with van der Waals surface area (Å²) in [4.78, 5) is 14.6. The maximum Gasteiger partial charge on any atom is 0.251 e. The van der Waals surface area contributed by atoms with Crippen LogP contribution in [0.25, 0.3) is 0 Å². The van der Waals surface area contributed by atoms with E-state index in [1.165, 1.54) is 0 Å². The summed E-state index contributed by atoms with van der Waals surface area (Å²) in [6, 6.07) is 18.7. The van der Waals surface area contributed by atoms with Crippen LogP contribution in [0.2, 0.25) is 0 Å². The lowest BCUT2D eigenvalue weighted by molar-refractivity contribution is 0.0921. The molecule has 2 unspecified atom stereocenters. The number of nitrogens with one attached hydrogen (secondary N) is 1. The van der Waals surface area contributed by atoms with Gasteiger partial charge in [-0.15, -0.1) is 0 Å². The lowest BCUT2D eigenvalue weighted by atomic mass is 10.0. The van der Waals surface area contributed by atoms with E-state index in [1.807, 2.05) is 42.5 Å². The minimum atomic E-state index is -0.107. The van der Waals surface area contributed by atoms with Crippen LogP contribution in [0.15, 0.2) is 54.6 Å². The summed E-state index contributed by atoms with van der Waals surface area (Å²) in [5.74, 6) is -0.0877. The molecule has 2 N–H and O–H groups in total. The molecular weight excluding hydrogens is 314 g/mol. The van der Waals surface area contributed by atoms with Crippen LogP contribution in [0.1, 0.15) is 21.5 Å². The van der Waals surface area contributed by atoms with Gasteiger partial charge in [0.1, 0.15) is 0 Å². The first kappa shape index (κ1) is 17.2. The van der Waals surface area contributed by atoms with Gasteiger partial charge in [-0.05, 0) is 29.8 Å². The second-order valence-electron chi connectivity index (χ2n) is 6.39. The Labute approximate surface area is 147 Å². The van der Waals surface area contributed by atoms with Crippen molar-refractivity contribution in [2.75, 3.05) is 19.7 Å². The van der Waals surface area contributed by atoms with Crippen molar-refractivity contribution in [1.29, 1.82) is 5.26 Å². The van der Waals surface area contributed by atoms with Crippen molar-refractivity contribution in [3.63, 3.8) is 0 Å². The van der Waals surface area contributed by atoms with Crippen LogP contribution in [-0.4, -0.2) is 41.7 Å². The fourth-order valence-corrected chi connectivity index (χ4v) is 3.22. The number of rotatable bonds is 5. The molecule has 1 fully saturated rings. The number of carbonyl (C=O) groups is 1. The largest absolute Gasteiger partial charge is 0.396 e. The molecule has 2 aromatic carbocycles. The fraction of sp³-hybridized carbons (Fsp3) is 0.300. The Bertz CT molecular complexity index is 753. The number of aliphatic hydroxyl groups excluding tert-OH is 1. The molecule has 1 saturated heterocycles. The van der Waals surface area contributed by atoms with Gasteiger partial charge in [0, 0.05) is 43.8 Å². The topological polar surface area (TPSA) is 76.4 Å². The molecule has 5 heteroatoms. The van der Waals surface area contributed by atoms with E-state index in [2.05, 4.69) is 16.3 Å². The van der Waals surface area contributed by atoms with Crippen molar-refractivity contribution >= 4 is 5.91 Å². The average molecular weight is 335 g/mol. The average Bonchev–Trinajstić information content (AvgIpc) is 3.04. The molecule has 1 aliphatic heterocycles. The summed E-state index contributed by atoms with van der Waals surface area (Å²) < 4.78 is 0. The molecule has 0 aliphatic carbocycles. The Hall–Kier alpha value is -2.68. The Kier molecular flexibility index (Phi) is 5.44. The van der Waals surface area contributed by atoms with Crippen molar-refractivity contribution in [3.8, 4) is 6.07 Å². The van der Waals surface area contributed by atoms with E-state index in [0.29, 0.717) is 17.7 Å². The molecule has 1 aliphatic rings. The molecule has 0 spiro atoms. The van der Waals surface area contributed by atoms with Gasteiger partial charge in [0.25, 0.3) is 5.91 Å². The second kappa shape index (κ2) is 7.93. The molecule has 1 amide bonds. The van der Waals surface area contributed by atoms with Crippen LogP contribution in [0, 0.1) is 17.2 Å². The Morgan fingerprint density at radius 3 is 2.52 bits per heavy atom. The maximum atomic E-state index is 12.4. The number of amides is 1. The number of hydrogen-bond acceptors (Lipinski definition) is 4. The SMILES string of the molecule is N#Cc1ccc(CN2CC(CO)C(NC(=O)c3ccccc3)C2)cc1. The summed E-state index contributed by atoms with van der Waals surface area (Å²) in [5, 5.41) is 21.6. The molecule has 5 nitrogen and oxygen atoms in total. The third kappa shape index (κ3) is 4.24. The highest BCUT2D eigenvalue weighted by molar-refractivity contribution is 5.94. The molecule has 128 valence electrons. The van der Waals surface area contributed by atoms with Gasteiger partial charge in [-0.25, -0.2) is 0 Å². The van der Waals surface area contributed by atoms with Gasteiger partial charge >= 0.3 is 0 Å². The Morgan fingerprint density at radius 1 is 1.16 bits per heavy atom. The zero-order valence-corrected chi connectivity index (χ0v) is 13.9. The van der Waals surface area contributed by atoms with Crippen molar-refractivity contribution < 1.29 is 9.90 Å². The first-order valence-corrected chi connectivity index (χ1v) is 8.37. The Balaban J connectivity index is 1.62. The van der Waals surface area contributed by atoms with E-state index in [-0.39, 0.29) is 24.5 Å². The van der Waals surface area contributed by atoms with Crippen LogP contribution in [0.3, 0.4) is 0 Å². The van der Waals surface area contributed by atoms with E-state index in [0.717, 1.165) is 18.7 Å². The first-order chi connectivity index (χ1) is 12.2. The maximum absolute atomic E-state index is 12.4. The molecular formula is C20H21N3O2. The number of nitrogens with zero attached hydrogens (tertiary/aromatic N) is 2. The van der Waals surface area contributed by atoms with E-state index in [4.69, 9.17) is 5.26 Å². The van der Waals surface area contributed by atoms with Gasteiger partial charge in [-0.2, -0.15) is 5.26 Å². The number of hydrogen-bond donors (Lipinski definition) is 2. The van der Waals surface area contributed by atoms with E-state index in [1.54, 1.807) is 12.1 Å². The molecule has 0 aromatic heterocycles. The normalized spacial score (nSPS) is 20.2. The fourth-order valence-electron chi connectivity index (χ4n) is 3.22. The van der Waals surface area contributed by atoms with E-state index < -0.39 is 0 Å². The number of carbonyl (C=O) groups excluding carboxylic acids is 1. The van der Waals surface area contributed by atoms with Crippen molar-refractivity contribution in [3.05, 3.63) is 71.3 Å². The van der Waals surface area contributed by atoms with Crippen LogP contribution in [-0.2, 0) is 6.54 Å². The van der Waals surface area contributed by atoms with Crippen LogP contribution < -0.4 is 5.32 Å². The molecule has 0 radical (unpaired) electrons. The number of benzene rings is 2. The smallest absolute Gasteiger partial charge is 0.251 e. The van der Waals surface area contributed by atoms with E-state index >= 15 is 0 Å². The van der Waals surface area contributed by atoms with Gasteiger partial charge < -0.3 is 10.4 Å².